The van der Waals surface area contributed by atoms with E-state index < -0.39 is 20.4 Å². The van der Waals surface area contributed by atoms with Gasteiger partial charge >= 0.3 is 20.4 Å². The van der Waals surface area contributed by atoms with Crippen LogP contribution in [0.15, 0.2) is 60.7 Å². The maximum Gasteiger partial charge on any atom is 0.697 e. The van der Waals surface area contributed by atoms with Gasteiger partial charge < -0.3 is 20.1 Å². The lowest BCUT2D eigenvalue weighted by molar-refractivity contribution is 0.134. The predicted molar refractivity (Wildman–Crippen MR) is 127 cm³/mol. The van der Waals surface area contributed by atoms with Crippen molar-refractivity contribution in [1.29, 1.82) is 0 Å². The summed E-state index contributed by atoms with van der Waals surface area (Å²) in [6.45, 7) is 4.97. The molecule has 34 heavy (non-hydrogen) atoms. The molecule has 2 aromatic rings. The summed E-state index contributed by atoms with van der Waals surface area (Å²) in [4.78, 5) is 23.5. The molecule has 10 heteroatoms. The number of benzene rings is 2. The van der Waals surface area contributed by atoms with Crippen LogP contribution in [0.2, 0.25) is 0 Å². The number of amides is 2. The van der Waals surface area contributed by atoms with E-state index in [0.29, 0.717) is 13.1 Å². The van der Waals surface area contributed by atoms with Gasteiger partial charge in [0.2, 0.25) is 0 Å². The van der Waals surface area contributed by atoms with Crippen molar-refractivity contribution in [1.82, 2.24) is 10.6 Å². The van der Waals surface area contributed by atoms with Crippen LogP contribution in [0.25, 0.3) is 0 Å². The van der Waals surface area contributed by atoms with E-state index in [4.69, 9.17) is 18.5 Å². The van der Waals surface area contributed by atoms with Crippen LogP contribution in [0.3, 0.4) is 0 Å². The maximum absolute atomic E-state index is 11.9. The third kappa shape index (κ3) is 12.3. The van der Waals surface area contributed by atoms with Gasteiger partial charge in [0.1, 0.15) is 26.4 Å². The van der Waals surface area contributed by atoms with Gasteiger partial charge in [-0.25, -0.2) is 9.59 Å². The minimum atomic E-state index is -2.31. The van der Waals surface area contributed by atoms with Crippen LogP contribution < -0.4 is 10.6 Å². The summed E-state index contributed by atoms with van der Waals surface area (Å²) in [6.07, 6.45) is -1.06. The number of nitrogens with one attached hydrogen (secondary N) is 2. The van der Waals surface area contributed by atoms with Gasteiger partial charge in [0.05, 0.1) is 0 Å². The fourth-order valence-electron chi connectivity index (χ4n) is 2.59. The fourth-order valence-corrected chi connectivity index (χ4v) is 3.42. The number of ether oxygens (including phenoxy) is 2. The van der Waals surface area contributed by atoms with E-state index in [0.717, 1.165) is 11.1 Å². The Balaban J connectivity index is 1.49. The molecule has 0 aliphatic rings. The van der Waals surface area contributed by atoms with Crippen LogP contribution in [0.1, 0.15) is 25.0 Å². The van der Waals surface area contributed by atoms with Crippen molar-refractivity contribution in [2.75, 3.05) is 26.3 Å². The van der Waals surface area contributed by atoms with Crippen molar-refractivity contribution in [2.24, 2.45) is 11.8 Å². The van der Waals surface area contributed by atoms with E-state index in [1.165, 1.54) is 0 Å². The number of rotatable bonds is 14. The smallest absolute Gasteiger partial charge is 0.445 e. The molecule has 9 nitrogen and oxygen atoms in total. The van der Waals surface area contributed by atoms with Crippen LogP contribution in [0, 0.1) is 11.8 Å². The molecule has 0 fully saturated rings. The predicted octanol–water partition coefficient (Wildman–Crippen LogP) is 4.80. The van der Waals surface area contributed by atoms with Gasteiger partial charge in [-0.15, -0.1) is 9.05 Å². The molecule has 0 radical (unpaired) electrons. The molecule has 0 saturated heterocycles. The summed E-state index contributed by atoms with van der Waals surface area (Å²) in [7, 11) is -2.31. The molecular formula is C24H32N2O7P+. The monoisotopic (exact) mass is 491 g/mol. The normalized spacial score (nSPS) is 12.8. The van der Waals surface area contributed by atoms with Crippen LogP contribution in [-0.2, 0) is 36.3 Å². The first-order chi connectivity index (χ1) is 16.4. The summed E-state index contributed by atoms with van der Waals surface area (Å²) in [5, 5.41) is 5.29. The highest BCUT2D eigenvalue weighted by molar-refractivity contribution is 7.33. The lowest BCUT2D eigenvalue weighted by Crippen LogP contribution is -2.30. The zero-order chi connectivity index (χ0) is 24.6. The third-order valence-corrected chi connectivity index (χ3v) is 5.26. The van der Waals surface area contributed by atoms with Gasteiger partial charge in [-0.2, -0.15) is 0 Å². The van der Waals surface area contributed by atoms with Crippen molar-refractivity contribution in [3.05, 3.63) is 71.8 Å². The molecule has 184 valence electrons. The molecule has 2 amide bonds. The van der Waals surface area contributed by atoms with Crippen molar-refractivity contribution >= 4 is 20.4 Å². The number of hydrogen-bond donors (Lipinski definition) is 2. The summed E-state index contributed by atoms with van der Waals surface area (Å²) in [5.74, 6) is -0.185. The topological polar surface area (TPSA) is 112 Å². The van der Waals surface area contributed by atoms with E-state index in [2.05, 4.69) is 10.6 Å². The Kier molecular flexibility index (Phi) is 12.6. The Morgan fingerprint density at radius 3 is 1.50 bits per heavy atom. The molecule has 0 aliphatic carbocycles. The fraction of sp³-hybridized carbons (Fsp3) is 0.417. The van der Waals surface area contributed by atoms with Crippen molar-refractivity contribution in [2.45, 2.75) is 27.1 Å². The van der Waals surface area contributed by atoms with Gasteiger partial charge in [-0.1, -0.05) is 74.5 Å². The molecule has 0 bridgehead atoms. The Labute approximate surface area is 201 Å². The standard InChI is InChI=1S/C24H31N2O7P/c1-19(13-25-23(27)30-17-21-9-5-3-6-10-21)15-32-34(29)33-16-20(2)14-26-24(28)31-18-22-11-7-4-8-12-22/h3-12,19-20H,13-18H2,1-2H3,(H-,25,26,27,28)/p+1. The molecular weight excluding hydrogens is 459 g/mol. The molecule has 0 saturated carbocycles. The van der Waals surface area contributed by atoms with Crippen LogP contribution in [-0.4, -0.2) is 38.5 Å². The van der Waals surface area contributed by atoms with E-state index >= 15 is 0 Å². The highest BCUT2D eigenvalue weighted by atomic mass is 31.1. The second-order valence-corrected chi connectivity index (χ2v) is 8.87. The van der Waals surface area contributed by atoms with Crippen molar-refractivity contribution in [3.8, 4) is 0 Å². The minimum Gasteiger partial charge on any atom is -0.445 e. The Morgan fingerprint density at radius 1 is 0.735 bits per heavy atom. The third-order valence-electron chi connectivity index (χ3n) is 4.54. The average molecular weight is 492 g/mol. The molecule has 0 spiro atoms. The van der Waals surface area contributed by atoms with E-state index in [1.54, 1.807) is 0 Å². The second kappa shape index (κ2) is 15.8. The van der Waals surface area contributed by atoms with E-state index in [-0.39, 0.29) is 38.3 Å². The highest BCUT2D eigenvalue weighted by Crippen LogP contribution is 2.25. The average Bonchev–Trinajstić information content (AvgIpc) is 2.87. The SMILES string of the molecule is CC(CNC(=O)OCc1ccccc1)CO[P+](=O)OCC(C)CNC(=O)OCc1ccccc1. The summed E-state index contributed by atoms with van der Waals surface area (Å²) < 4.78 is 32.6. The van der Waals surface area contributed by atoms with Crippen LogP contribution in [0.5, 0.6) is 0 Å². The van der Waals surface area contributed by atoms with E-state index in [1.807, 2.05) is 74.5 Å². The molecule has 0 heterocycles. The lowest BCUT2D eigenvalue weighted by Gasteiger charge is -2.11. The minimum absolute atomic E-state index is 0.0923. The van der Waals surface area contributed by atoms with Crippen molar-refractivity contribution in [3.63, 3.8) is 0 Å². The zero-order valence-corrected chi connectivity index (χ0v) is 20.4. The number of carbonyl (C=O) groups is 2. The van der Waals surface area contributed by atoms with Gasteiger partial charge in [0.15, 0.2) is 0 Å². The molecule has 0 aromatic heterocycles. The molecule has 2 rings (SSSR count). The molecule has 2 unspecified atom stereocenters. The molecule has 0 aliphatic heterocycles. The Bertz CT molecular complexity index is 812. The van der Waals surface area contributed by atoms with Gasteiger partial charge in [-0.05, 0) is 11.1 Å². The second-order valence-electron chi connectivity index (χ2n) is 7.91. The first-order valence-electron chi connectivity index (χ1n) is 11.0. The zero-order valence-electron chi connectivity index (χ0n) is 19.5. The largest absolute Gasteiger partial charge is 0.697 e. The van der Waals surface area contributed by atoms with Gasteiger partial charge in [0, 0.05) is 29.5 Å². The van der Waals surface area contributed by atoms with Crippen LogP contribution in [0.4, 0.5) is 9.59 Å². The highest BCUT2D eigenvalue weighted by Gasteiger charge is 2.23. The Morgan fingerprint density at radius 2 is 1.12 bits per heavy atom. The van der Waals surface area contributed by atoms with E-state index in [9.17, 15) is 14.2 Å². The lowest BCUT2D eigenvalue weighted by atomic mass is 10.2. The Hall–Kier alpha value is -3.00. The maximum atomic E-state index is 11.9. The number of carbonyl (C=O) groups excluding carboxylic acids is 2. The van der Waals surface area contributed by atoms with Gasteiger partial charge in [0.25, 0.3) is 0 Å². The molecule has 2 N–H and O–H groups in total. The quantitative estimate of drug-likeness (QED) is 0.365. The summed E-state index contributed by atoms with van der Waals surface area (Å²) in [6, 6.07) is 18.8. The summed E-state index contributed by atoms with van der Waals surface area (Å²) in [5.41, 5.74) is 1.80. The van der Waals surface area contributed by atoms with Crippen LogP contribution >= 0.6 is 8.25 Å². The number of alkyl carbamates (subject to hydrolysis) is 2. The molecule has 2 atom stereocenters. The first kappa shape index (κ1) is 27.2. The van der Waals surface area contributed by atoms with Crippen molar-refractivity contribution < 1.29 is 32.7 Å². The first-order valence-corrected chi connectivity index (χ1v) is 12.1. The summed E-state index contributed by atoms with van der Waals surface area (Å²) >= 11 is 0. The van der Waals surface area contributed by atoms with Gasteiger partial charge in [-0.3, -0.25) is 0 Å². The number of hydrogen-bond acceptors (Lipinski definition) is 7. The molecule has 2 aromatic carbocycles.